The minimum Gasteiger partial charge on any atom is -0.412 e. The highest BCUT2D eigenvalue weighted by atomic mass is 16.5. The maximum absolute atomic E-state index is 10.3. The summed E-state index contributed by atoms with van der Waals surface area (Å²) in [6, 6.07) is 0. The molecule has 4 aliphatic carbocycles. The third kappa shape index (κ3) is 2.93. The fourth-order valence-corrected chi connectivity index (χ4v) is 9.84. The van der Waals surface area contributed by atoms with Gasteiger partial charge in [0.1, 0.15) is 5.72 Å². The van der Waals surface area contributed by atoms with Crippen molar-refractivity contribution in [3.63, 3.8) is 0 Å². The first kappa shape index (κ1) is 22.4. The Bertz CT molecular complexity index is 743. The highest BCUT2D eigenvalue weighted by Gasteiger charge is 2.68. The van der Waals surface area contributed by atoms with Gasteiger partial charge in [-0.05, 0) is 98.2 Å². The molecule has 0 amide bonds. The number of fused-ring (bicyclic) bond motifs is 7. The van der Waals surface area contributed by atoms with Crippen molar-refractivity contribution in [1.29, 1.82) is 0 Å². The summed E-state index contributed by atoms with van der Waals surface area (Å²) in [5.74, 6) is 4.58. The quantitative estimate of drug-likeness (QED) is 0.556. The Morgan fingerprint density at radius 1 is 1.06 bits per heavy atom. The van der Waals surface area contributed by atoms with Crippen molar-refractivity contribution in [3.8, 4) is 0 Å². The van der Waals surface area contributed by atoms with Crippen molar-refractivity contribution >= 4 is 0 Å². The molecule has 1 spiro atoms. The minimum atomic E-state index is -0.100. The van der Waals surface area contributed by atoms with E-state index in [0.717, 1.165) is 49.0 Å². The third-order valence-electron chi connectivity index (χ3n) is 11.6. The van der Waals surface area contributed by atoms with Gasteiger partial charge in [-0.15, -0.1) is 0 Å². The third-order valence-corrected chi connectivity index (χ3v) is 11.6. The molecule has 0 unspecified atom stereocenters. The van der Waals surface area contributed by atoms with Gasteiger partial charge in [-0.3, -0.25) is 5.32 Å². The van der Waals surface area contributed by atoms with Gasteiger partial charge in [0.15, 0.2) is 0 Å². The minimum absolute atomic E-state index is 0. The van der Waals surface area contributed by atoms with Gasteiger partial charge in [0.2, 0.25) is 0 Å². The van der Waals surface area contributed by atoms with E-state index >= 15 is 0 Å². The lowest BCUT2D eigenvalue weighted by atomic mass is 9.47. The van der Waals surface area contributed by atoms with Crippen LogP contribution in [0.5, 0.6) is 0 Å². The van der Waals surface area contributed by atoms with Crippen LogP contribution in [-0.2, 0) is 4.74 Å². The second-order valence-electron chi connectivity index (χ2n) is 12.8. The fourth-order valence-electron chi connectivity index (χ4n) is 9.84. The lowest BCUT2D eigenvalue weighted by molar-refractivity contribution is -0.115. The van der Waals surface area contributed by atoms with Crippen LogP contribution in [0.15, 0.2) is 11.6 Å². The Labute approximate surface area is 188 Å². The maximum atomic E-state index is 10.3. The molecule has 176 valence electrons. The molecule has 0 aromatic carbocycles. The van der Waals surface area contributed by atoms with Crippen LogP contribution >= 0.6 is 0 Å². The summed E-state index contributed by atoms with van der Waals surface area (Å²) in [7, 11) is 0. The smallest absolute Gasteiger partial charge is 0.122 e. The van der Waals surface area contributed by atoms with E-state index in [-0.39, 0.29) is 17.3 Å². The first-order valence-electron chi connectivity index (χ1n) is 13.1. The van der Waals surface area contributed by atoms with E-state index in [1.54, 1.807) is 5.57 Å². The number of hydrogen-bond donors (Lipinski definition) is 2. The molecule has 11 atom stereocenters. The maximum Gasteiger partial charge on any atom is 0.122 e. The highest BCUT2D eigenvalue weighted by molar-refractivity contribution is 5.26. The summed E-state index contributed by atoms with van der Waals surface area (Å²) in [5, 5.41) is 14.1. The summed E-state index contributed by atoms with van der Waals surface area (Å²) in [5.41, 5.74) is 2.33. The van der Waals surface area contributed by atoms with Crippen LogP contribution in [0.1, 0.15) is 85.5 Å². The Hall–Kier alpha value is -0.420. The fraction of sp³-hybridized carbons (Fsp3) is 0.926. The monoisotopic (exact) mass is 431 g/mol. The number of aliphatic hydroxyl groups is 1. The molecule has 0 radical (unpaired) electrons. The summed E-state index contributed by atoms with van der Waals surface area (Å²) in [4.78, 5) is 0. The number of ether oxygens (including phenoxy) is 1. The zero-order chi connectivity index (χ0) is 20.9. The molecule has 4 nitrogen and oxygen atoms in total. The van der Waals surface area contributed by atoms with Gasteiger partial charge in [0, 0.05) is 12.5 Å². The van der Waals surface area contributed by atoms with E-state index in [1.807, 2.05) is 0 Å². The molecule has 0 bridgehead atoms. The molecule has 6 aliphatic rings. The molecular weight excluding hydrogens is 386 g/mol. The molecule has 5 fully saturated rings. The molecule has 6 rings (SSSR count). The second-order valence-corrected chi connectivity index (χ2v) is 12.8. The van der Waals surface area contributed by atoms with Gasteiger partial charge in [0.25, 0.3) is 0 Å². The standard InChI is InChI=1S/C27H43NO2.H2O/c1-16-7-12-27(28-15-16)17(2)24-23(30-27)14-22-20-6-5-18-13-19(29)8-10-25(18,3)21(20)9-11-26(22,24)4;/h5,16-17,19-24,28-29H,6-15H2,1-4H3;1H2/t16-,17+,19+,20-,21+,22+,23+,24+,25+,26+,27-;/m1./s1. The Morgan fingerprint density at radius 2 is 1.87 bits per heavy atom. The summed E-state index contributed by atoms with van der Waals surface area (Å²) in [6.07, 6.45) is 13.8. The van der Waals surface area contributed by atoms with Crippen LogP contribution in [-0.4, -0.2) is 35.1 Å². The van der Waals surface area contributed by atoms with Gasteiger partial charge >= 0.3 is 0 Å². The van der Waals surface area contributed by atoms with Gasteiger partial charge in [-0.2, -0.15) is 0 Å². The van der Waals surface area contributed by atoms with Crippen LogP contribution in [0.4, 0.5) is 0 Å². The first-order chi connectivity index (χ1) is 14.3. The van der Waals surface area contributed by atoms with E-state index in [9.17, 15) is 5.11 Å². The van der Waals surface area contributed by atoms with Gasteiger partial charge in [-0.25, -0.2) is 0 Å². The van der Waals surface area contributed by atoms with Crippen molar-refractivity contribution in [3.05, 3.63) is 11.6 Å². The molecule has 4 N–H and O–H groups in total. The number of piperidine rings is 1. The molecular formula is C27H45NO3. The Balaban J connectivity index is 0.00000204. The lowest BCUT2D eigenvalue weighted by Crippen LogP contribution is -2.57. The first-order valence-corrected chi connectivity index (χ1v) is 13.1. The predicted octanol–water partition coefficient (Wildman–Crippen LogP) is 4.46. The number of allylic oxidation sites excluding steroid dienone is 1. The largest absolute Gasteiger partial charge is 0.412 e. The van der Waals surface area contributed by atoms with Crippen LogP contribution in [0.3, 0.4) is 0 Å². The van der Waals surface area contributed by atoms with Gasteiger partial charge in [0.05, 0.1) is 12.2 Å². The van der Waals surface area contributed by atoms with E-state index in [2.05, 4.69) is 39.1 Å². The molecule has 2 saturated heterocycles. The summed E-state index contributed by atoms with van der Waals surface area (Å²) in [6.45, 7) is 11.2. The molecule has 3 saturated carbocycles. The molecule has 4 heteroatoms. The van der Waals surface area contributed by atoms with Gasteiger partial charge in [-0.1, -0.05) is 39.3 Å². The van der Waals surface area contributed by atoms with E-state index in [1.165, 1.54) is 44.9 Å². The average molecular weight is 432 g/mol. The molecule has 2 aliphatic heterocycles. The van der Waals surface area contributed by atoms with E-state index in [4.69, 9.17) is 4.74 Å². The number of aliphatic hydroxyl groups excluding tert-OH is 1. The van der Waals surface area contributed by atoms with Crippen molar-refractivity contribution < 1.29 is 15.3 Å². The number of rotatable bonds is 0. The topological polar surface area (TPSA) is 73.0 Å². The zero-order valence-electron chi connectivity index (χ0n) is 20.1. The predicted molar refractivity (Wildman–Crippen MR) is 123 cm³/mol. The SMILES string of the molecule is C[C@@H]1CC[C@@]2(NC1)O[C@H]1C[C@H]3[C@@H]4CC=C5C[C@@H](O)CC[C@]5(C)[C@H]4CC[C@]3(C)[C@H]1[C@@H]2C.O. The Kier molecular flexibility index (Phi) is 5.26. The van der Waals surface area contributed by atoms with Crippen LogP contribution in [0.2, 0.25) is 0 Å². The Morgan fingerprint density at radius 3 is 2.61 bits per heavy atom. The van der Waals surface area contributed by atoms with Crippen molar-refractivity contribution in [2.24, 2.45) is 46.3 Å². The molecule has 0 aromatic rings. The van der Waals surface area contributed by atoms with Crippen LogP contribution in [0.25, 0.3) is 0 Å². The number of hydrogen-bond acceptors (Lipinski definition) is 3. The normalized spacial score (nSPS) is 57.9. The van der Waals surface area contributed by atoms with Gasteiger partial charge < -0.3 is 15.3 Å². The second kappa shape index (κ2) is 7.29. The highest BCUT2D eigenvalue weighted by Crippen LogP contribution is 2.70. The molecule has 2 heterocycles. The lowest BCUT2D eigenvalue weighted by Gasteiger charge is -2.58. The van der Waals surface area contributed by atoms with E-state index in [0.29, 0.717) is 22.9 Å². The summed E-state index contributed by atoms with van der Waals surface area (Å²) >= 11 is 0. The van der Waals surface area contributed by atoms with Crippen LogP contribution in [0, 0.1) is 46.3 Å². The number of nitrogens with one attached hydrogen (secondary N) is 1. The van der Waals surface area contributed by atoms with Crippen molar-refractivity contribution in [2.75, 3.05) is 6.54 Å². The molecule has 31 heavy (non-hydrogen) atoms. The van der Waals surface area contributed by atoms with Crippen molar-refractivity contribution in [2.45, 2.75) is 103 Å². The van der Waals surface area contributed by atoms with E-state index < -0.39 is 0 Å². The average Bonchev–Trinajstić information content (AvgIpc) is 3.16. The molecule has 0 aromatic heterocycles. The van der Waals surface area contributed by atoms with Crippen molar-refractivity contribution in [1.82, 2.24) is 5.32 Å². The van der Waals surface area contributed by atoms with Crippen LogP contribution < -0.4 is 5.32 Å². The summed E-state index contributed by atoms with van der Waals surface area (Å²) < 4.78 is 7.00. The zero-order valence-corrected chi connectivity index (χ0v) is 20.1.